The third kappa shape index (κ3) is 5.12. The Morgan fingerprint density at radius 1 is 0.897 bits per heavy atom. The molecule has 29 heavy (non-hydrogen) atoms. The van der Waals surface area contributed by atoms with Gasteiger partial charge in [-0.2, -0.15) is 0 Å². The van der Waals surface area contributed by atoms with Crippen molar-refractivity contribution in [2.75, 3.05) is 19.6 Å². The zero-order valence-corrected chi connectivity index (χ0v) is 16.7. The van der Waals surface area contributed by atoms with Crippen LogP contribution < -0.4 is 0 Å². The van der Waals surface area contributed by atoms with Crippen molar-refractivity contribution in [3.05, 3.63) is 90.0 Å². The van der Waals surface area contributed by atoms with E-state index >= 15 is 0 Å². The van der Waals surface area contributed by atoms with Gasteiger partial charge in [0.1, 0.15) is 6.10 Å². The zero-order chi connectivity index (χ0) is 19.9. The number of nitrogens with zero attached hydrogens (tertiary/aromatic N) is 1. The molecule has 0 aliphatic carbocycles. The molecule has 1 saturated heterocycles. The van der Waals surface area contributed by atoms with E-state index in [4.69, 9.17) is 4.74 Å². The molecule has 1 unspecified atom stereocenters. The van der Waals surface area contributed by atoms with Crippen molar-refractivity contribution in [1.82, 2.24) is 4.90 Å². The first-order chi connectivity index (χ1) is 14.3. The van der Waals surface area contributed by atoms with Crippen LogP contribution in [0.5, 0.6) is 0 Å². The second-order valence-electron chi connectivity index (χ2n) is 7.60. The van der Waals surface area contributed by atoms with E-state index in [0.29, 0.717) is 0 Å². The molecule has 3 aromatic carbocycles. The van der Waals surface area contributed by atoms with Crippen molar-refractivity contribution in [2.45, 2.75) is 25.4 Å². The van der Waals surface area contributed by atoms with Crippen molar-refractivity contribution in [1.29, 1.82) is 0 Å². The molecule has 0 saturated carbocycles. The van der Waals surface area contributed by atoms with Crippen molar-refractivity contribution >= 4 is 22.8 Å². The summed E-state index contributed by atoms with van der Waals surface area (Å²) in [6, 6.07) is 24.4. The molecule has 3 nitrogen and oxygen atoms in total. The molecule has 0 aromatic heterocycles. The second-order valence-corrected chi connectivity index (χ2v) is 7.60. The quantitative estimate of drug-likeness (QED) is 0.407. The van der Waals surface area contributed by atoms with Crippen LogP contribution in [0, 0.1) is 0 Å². The molecule has 1 fully saturated rings. The monoisotopic (exact) mass is 385 g/mol. The van der Waals surface area contributed by atoms with Crippen molar-refractivity contribution < 1.29 is 9.53 Å². The molecular weight excluding hydrogens is 358 g/mol. The number of piperidine rings is 1. The number of ether oxygens (including phenoxy) is 1. The van der Waals surface area contributed by atoms with Gasteiger partial charge in [-0.15, -0.1) is 0 Å². The van der Waals surface area contributed by atoms with Crippen molar-refractivity contribution in [2.24, 2.45) is 0 Å². The Hall–Kier alpha value is -2.91. The average Bonchev–Trinajstić information content (AvgIpc) is 2.78. The number of likely N-dealkylation sites (tertiary alicyclic amines) is 1. The number of carbonyl (C=O) groups excluding carboxylic acids is 1. The number of hydrogen-bond acceptors (Lipinski definition) is 3. The zero-order valence-electron chi connectivity index (χ0n) is 16.7. The molecule has 0 radical (unpaired) electrons. The Morgan fingerprint density at radius 3 is 2.45 bits per heavy atom. The minimum Gasteiger partial charge on any atom is -0.453 e. The topological polar surface area (TPSA) is 29.5 Å². The number of fused-ring (bicyclic) bond motifs is 1. The number of carbonyl (C=O) groups is 1. The highest BCUT2D eigenvalue weighted by Crippen LogP contribution is 2.23. The van der Waals surface area contributed by atoms with E-state index in [2.05, 4.69) is 23.1 Å². The van der Waals surface area contributed by atoms with E-state index in [0.717, 1.165) is 41.5 Å². The summed E-state index contributed by atoms with van der Waals surface area (Å²) in [5, 5.41) is 2.29. The SMILES string of the molecule is O=C(/C=C/c1cccc2ccccc12)OC(CN1CCCCC1)c1ccccc1. The summed E-state index contributed by atoms with van der Waals surface area (Å²) in [5.74, 6) is -0.302. The molecular formula is C26H27NO2. The summed E-state index contributed by atoms with van der Waals surface area (Å²) in [7, 11) is 0. The lowest BCUT2D eigenvalue weighted by Gasteiger charge is -2.30. The third-order valence-corrected chi connectivity index (χ3v) is 5.52. The fourth-order valence-electron chi connectivity index (χ4n) is 3.99. The maximum absolute atomic E-state index is 12.7. The predicted octanol–water partition coefficient (Wildman–Crippen LogP) is 5.62. The van der Waals surface area contributed by atoms with Gasteiger partial charge >= 0.3 is 5.97 Å². The Morgan fingerprint density at radius 2 is 1.62 bits per heavy atom. The minimum absolute atomic E-state index is 0.251. The second kappa shape index (κ2) is 9.53. The number of rotatable bonds is 6. The molecule has 0 N–H and O–H groups in total. The van der Waals surface area contributed by atoms with E-state index in [-0.39, 0.29) is 12.1 Å². The Kier molecular flexibility index (Phi) is 6.38. The largest absolute Gasteiger partial charge is 0.453 e. The van der Waals surface area contributed by atoms with Crippen LogP contribution in [0.4, 0.5) is 0 Å². The van der Waals surface area contributed by atoms with Gasteiger partial charge in [-0.05, 0) is 53.9 Å². The number of benzene rings is 3. The number of hydrogen-bond donors (Lipinski definition) is 0. The van der Waals surface area contributed by atoms with Crippen LogP contribution in [0.15, 0.2) is 78.9 Å². The van der Waals surface area contributed by atoms with Gasteiger partial charge in [-0.1, -0.05) is 79.2 Å². The first-order valence-electron chi connectivity index (χ1n) is 10.4. The fraction of sp³-hybridized carbons (Fsp3) is 0.269. The summed E-state index contributed by atoms with van der Waals surface area (Å²) >= 11 is 0. The molecule has 0 amide bonds. The molecule has 4 rings (SSSR count). The molecule has 148 valence electrons. The minimum atomic E-state index is -0.302. The highest BCUT2D eigenvalue weighted by atomic mass is 16.5. The molecule has 1 heterocycles. The molecule has 3 heteroatoms. The maximum atomic E-state index is 12.7. The summed E-state index contributed by atoms with van der Waals surface area (Å²) in [4.78, 5) is 15.1. The van der Waals surface area contributed by atoms with Gasteiger partial charge in [0.25, 0.3) is 0 Å². The summed E-state index contributed by atoms with van der Waals surface area (Å²) in [6.07, 6.45) is 6.88. The maximum Gasteiger partial charge on any atom is 0.331 e. The normalized spacial score (nSPS) is 16.1. The average molecular weight is 386 g/mol. The van der Waals surface area contributed by atoms with Crippen LogP contribution in [0.2, 0.25) is 0 Å². The Balaban J connectivity index is 1.49. The lowest BCUT2D eigenvalue weighted by molar-refractivity contribution is -0.144. The van der Waals surface area contributed by atoms with Crippen LogP contribution in [0.3, 0.4) is 0 Å². The van der Waals surface area contributed by atoms with Crippen LogP contribution in [-0.2, 0) is 9.53 Å². The fourth-order valence-corrected chi connectivity index (χ4v) is 3.99. The molecule has 1 aliphatic heterocycles. The van der Waals surface area contributed by atoms with E-state index in [1.807, 2.05) is 60.7 Å². The molecule has 1 aliphatic rings. The molecule has 1 atom stereocenters. The van der Waals surface area contributed by atoms with Gasteiger partial charge in [-0.25, -0.2) is 4.79 Å². The van der Waals surface area contributed by atoms with E-state index in [1.165, 1.54) is 19.3 Å². The highest BCUT2D eigenvalue weighted by Gasteiger charge is 2.20. The van der Waals surface area contributed by atoms with Crippen LogP contribution in [0.1, 0.15) is 36.5 Å². The van der Waals surface area contributed by atoms with Gasteiger partial charge in [0, 0.05) is 12.6 Å². The van der Waals surface area contributed by atoms with Gasteiger partial charge in [0.05, 0.1) is 0 Å². The van der Waals surface area contributed by atoms with E-state index < -0.39 is 0 Å². The van der Waals surface area contributed by atoms with E-state index in [1.54, 1.807) is 6.08 Å². The van der Waals surface area contributed by atoms with Crippen LogP contribution >= 0.6 is 0 Å². The first kappa shape index (κ1) is 19.4. The highest BCUT2D eigenvalue weighted by molar-refractivity contribution is 5.94. The molecule has 0 bridgehead atoms. The Bertz CT molecular complexity index is 969. The standard InChI is InChI=1S/C26H27NO2/c28-26(17-16-22-14-9-13-21-10-5-6-15-24(21)22)29-25(23-11-3-1-4-12-23)20-27-18-7-2-8-19-27/h1,3-6,9-17,25H,2,7-8,18-20H2/b17-16+. The number of esters is 1. The summed E-state index contributed by atoms with van der Waals surface area (Å²) < 4.78 is 5.91. The first-order valence-corrected chi connectivity index (χ1v) is 10.4. The van der Waals surface area contributed by atoms with Crippen LogP contribution in [0.25, 0.3) is 16.8 Å². The van der Waals surface area contributed by atoms with Crippen molar-refractivity contribution in [3.8, 4) is 0 Å². The van der Waals surface area contributed by atoms with Crippen LogP contribution in [-0.4, -0.2) is 30.5 Å². The lowest BCUT2D eigenvalue weighted by Crippen LogP contribution is -2.34. The predicted molar refractivity (Wildman–Crippen MR) is 119 cm³/mol. The van der Waals surface area contributed by atoms with E-state index in [9.17, 15) is 4.79 Å². The van der Waals surface area contributed by atoms with Gasteiger partial charge in [0.15, 0.2) is 0 Å². The van der Waals surface area contributed by atoms with Gasteiger partial charge < -0.3 is 4.74 Å². The molecule has 3 aromatic rings. The van der Waals surface area contributed by atoms with Gasteiger partial charge in [-0.3, -0.25) is 4.90 Å². The smallest absolute Gasteiger partial charge is 0.331 e. The lowest BCUT2D eigenvalue weighted by atomic mass is 10.0. The Labute approximate surface area is 172 Å². The van der Waals surface area contributed by atoms with Gasteiger partial charge in [0.2, 0.25) is 0 Å². The van der Waals surface area contributed by atoms with Crippen molar-refractivity contribution in [3.63, 3.8) is 0 Å². The summed E-state index contributed by atoms with van der Waals surface area (Å²) in [5.41, 5.74) is 2.07. The summed E-state index contributed by atoms with van der Waals surface area (Å²) in [6.45, 7) is 2.90. The molecule has 0 spiro atoms. The third-order valence-electron chi connectivity index (χ3n) is 5.52.